The molecule has 50 heavy (non-hydrogen) atoms. The molecule has 0 bridgehead atoms. The first-order valence-electron chi connectivity index (χ1n) is 18.2. The smallest absolute Gasteiger partial charge is 0.338 e. The summed E-state index contributed by atoms with van der Waals surface area (Å²) in [6.07, 6.45) is 11.1. The van der Waals surface area contributed by atoms with Crippen molar-refractivity contribution in [1.29, 1.82) is 0 Å². The highest BCUT2D eigenvalue weighted by atomic mass is 16.6. The second-order valence-corrected chi connectivity index (χ2v) is 16.1. The largest absolute Gasteiger partial charge is 0.485 e. The first kappa shape index (κ1) is 34.3. The van der Waals surface area contributed by atoms with Crippen molar-refractivity contribution in [3.05, 3.63) is 87.8 Å². The molecule has 3 aromatic rings. The van der Waals surface area contributed by atoms with E-state index in [0.29, 0.717) is 46.9 Å². The van der Waals surface area contributed by atoms with Crippen molar-refractivity contribution in [2.24, 2.45) is 28.6 Å². The van der Waals surface area contributed by atoms with Crippen molar-refractivity contribution in [3.63, 3.8) is 0 Å². The summed E-state index contributed by atoms with van der Waals surface area (Å²) >= 11 is 0. The molecule has 0 N–H and O–H groups in total. The molecule has 8 nitrogen and oxygen atoms in total. The van der Waals surface area contributed by atoms with Gasteiger partial charge in [0.05, 0.1) is 5.56 Å². The van der Waals surface area contributed by atoms with Gasteiger partial charge in [0.15, 0.2) is 0 Å². The van der Waals surface area contributed by atoms with E-state index in [1.54, 1.807) is 36.4 Å². The van der Waals surface area contributed by atoms with E-state index in [9.17, 15) is 19.2 Å². The molecule has 7 atom stereocenters. The Balaban J connectivity index is 0.000000157. The molecule has 2 heterocycles. The average molecular weight is 681 g/mol. The van der Waals surface area contributed by atoms with Crippen LogP contribution in [0.3, 0.4) is 0 Å². The van der Waals surface area contributed by atoms with Gasteiger partial charge in [-0.3, -0.25) is 9.59 Å². The van der Waals surface area contributed by atoms with Gasteiger partial charge in [0.1, 0.15) is 34.9 Å². The van der Waals surface area contributed by atoms with E-state index in [1.807, 2.05) is 26.0 Å². The van der Waals surface area contributed by atoms with Gasteiger partial charge in [-0.1, -0.05) is 43.7 Å². The number of esters is 2. The normalized spacial score (nSPS) is 31.1. The SMILES string of the molecule is CC(=O)OC1CCC2(C)C(=CCC3C4CCC(=O)C4(C)CCC32)C1.CC(C)(OC(=O)c1ccccc1)C1Cc2cc3ccc(=O)oc3cc2O1. The fraction of sp³-hybridized carbons (Fsp3) is 0.524. The quantitative estimate of drug-likeness (QED) is 0.154. The zero-order valence-corrected chi connectivity index (χ0v) is 29.8. The average Bonchev–Trinajstić information content (AvgIpc) is 3.64. The van der Waals surface area contributed by atoms with Gasteiger partial charge in [0, 0.05) is 49.1 Å². The number of hydrogen-bond donors (Lipinski definition) is 0. The van der Waals surface area contributed by atoms with Gasteiger partial charge in [0.25, 0.3) is 0 Å². The fourth-order valence-electron chi connectivity index (χ4n) is 9.87. The number of fused-ring (bicyclic) bond motifs is 7. The number of allylic oxidation sites excluding steroid dienone is 1. The Morgan fingerprint density at radius 1 is 0.900 bits per heavy atom. The maximum absolute atomic E-state index is 12.4. The topological polar surface area (TPSA) is 109 Å². The van der Waals surface area contributed by atoms with E-state index in [1.165, 1.54) is 25.0 Å². The molecule has 5 aliphatic rings. The summed E-state index contributed by atoms with van der Waals surface area (Å²) in [5, 5.41) is 0.840. The highest BCUT2D eigenvalue weighted by Crippen LogP contribution is 2.64. The van der Waals surface area contributed by atoms with Gasteiger partial charge in [-0.05, 0) is 105 Å². The van der Waals surface area contributed by atoms with Crippen LogP contribution < -0.4 is 10.4 Å². The minimum atomic E-state index is -0.820. The molecule has 0 amide bonds. The number of benzene rings is 2. The lowest BCUT2D eigenvalue weighted by Crippen LogP contribution is -2.50. The first-order valence-corrected chi connectivity index (χ1v) is 18.2. The Morgan fingerprint density at radius 3 is 2.40 bits per heavy atom. The van der Waals surface area contributed by atoms with Crippen molar-refractivity contribution in [2.75, 3.05) is 0 Å². The molecular formula is C42H48O8. The maximum atomic E-state index is 12.4. The van der Waals surface area contributed by atoms with E-state index < -0.39 is 11.2 Å². The number of ketones is 1. The Labute approximate surface area is 293 Å². The van der Waals surface area contributed by atoms with Gasteiger partial charge in [0.2, 0.25) is 0 Å². The van der Waals surface area contributed by atoms with Crippen molar-refractivity contribution >= 4 is 28.7 Å². The maximum Gasteiger partial charge on any atom is 0.338 e. The number of ether oxygens (including phenoxy) is 3. The van der Waals surface area contributed by atoms with Gasteiger partial charge < -0.3 is 18.6 Å². The van der Waals surface area contributed by atoms with Crippen molar-refractivity contribution in [3.8, 4) is 5.75 Å². The van der Waals surface area contributed by atoms with E-state index in [-0.39, 0.29) is 35.0 Å². The van der Waals surface area contributed by atoms with E-state index in [4.69, 9.17) is 18.6 Å². The summed E-state index contributed by atoms with van der Waals surface area (Å²) in [6, 6.07) is 15.7. The lowest BCUT2D eigenvalue weighted by Gasteiger charge is -2.56. The van der Waals surface area contributed by atoms with Gasteiger partial charge in [-0.2, -0.15) is 0 Å². The molecule has 3 saturated carbocycles. The predicted octanol–water partition coefficient (Wildman–Crippen LogP) is 8.18. The molecule has 1 aliphatic heterocycles. The second kappa shape index (κ2) is 12.8. The lowest BCUT2D eigenvalue weighted by atomic mass is 9.48. The third kappa shape index (κ3) is 6.20. The Hall–Kier alpha value is -4.20. The van der Waals surface area contributed by atoms with Crippen LogP contribution in [0.5, 0.6) is 5.75 Å². The highest BCUT2D eigenvalue weighted by Gasteiger charge is 2.58. The predicted molar refractivity (Wildman–Crippen MR) is 189 cm³/mol. The molecule has 7 unspecified atom stereocenters. The van der Waals surface area contributed by atoms with Crippen LogP contribution in [0.15, 0.2) is 75.5 Å². The molecule has 264 valence electrons. The Morgan fingerprint density at radius 2 is 1.64 bits per heavy atom. The Bertz CT molecular complexity index is 1910. The van der Waals surface area contributed by atoms with Gasteiger partial charge >= 0.3 is 17.6 Å². The standard InChI is InChI=1S/C21H18O5.C21H30O3/c1-21(2,26-20(23)13-6-4-3-5-7-13)18-11-15-10-14-8-9-19(22)25-16(14)12-17(15)24-18;1-13(22)24-15-8-10-20(2)14(12-15)4-5-16-17-6-7-19(23)21(17,3)11-9-18(16)20/h3-10,12,18H,11H2,1-2H3;4,15-18H,5-12H2,1-3H3. The van der Waals surface area contributed by atoms with Crippen LogP contribution in [-0.4, -0.2) is 35.5 Å². The van der Waals surface area contributed by atoms with Crippen LogP contribution in [-0.2, 0) is 25.5 Å². The first-order chi connectivity index (χ1) is 23.8. The van der Waals surface area contributed by atoms with Crippen LogP contribution in [0, 0.1) is 28.6 Å². The van der Waals surface area contributed by atoms with Crippen LogP contribution in [0.4, 0.5) is 0 Å². The monoisotopic (exact) mass is 680 g/mol. The van der Waals surface area contributed by atoms with Gasteiger partial charge in [-0.25, -0.2) is 9.59 Å². The summed E-state index contributed by atoms with van der Waals surface area (Å²) in [5.74, 6) is 2.60. The van der Waals surface area contributed by atoms with Gasteiger partial charge in [-0.15, -0.1) is 0 Å². The van der Waals surface area contributed by atoms with Crippen molar-refractivity contribution in [2.45, 2.75) is 110 Å². The number of hydrogen-bond acceptors (Lipinski definition) is 8. The summed E-state index contributed by atoms with van der Waals surface area (Å²) in [7, 11) is 0. The fourth-order valence-corrected chi connectivity index (χ4v) is 9.87. The molecule has 2 aromatic carbocycles. The second-order valence-electron chi connectivity index (χ2n) is 16.1. The summed E-state index contributed by atoms with van der Waals surface area (Å²) < 4.78 is 22.4. The molecule has 3 fully saturated rings. The number of carbonyl (C=O) groups is 3. The molecule has 4 aliphatic carbocycles. The van der Waals surface area contributed by atoms with E-state index >= 15 is 0 Å². The molecule has 0 radical (unpaired) electrons. The zero-order valence-electron chi connectivity index (χ0n) is 29.8. The summed E-state index contributed by atoms with van der Waals surface area (Å²) in [5.41, 5.74) is 2.50. The molecule has 8 rings (SSSR count). The Kier molecular flexibility index (Phi) is 8.80. The highest BCUT2D eigenvalue weighted by molar-refractivity contribution is 5.89. The zero-order chi connectivity index (χ0) is 35.4. The van der Waals surface area contributed by atoms with Crippen LogP contribution in [0.2, 0.25) is 0 Å². The van der Waals surface area contributed by atoms with Crippen LogP contribution in [0.1, 0.15) is 102 Å². The minimum absolute atomic E-state index is 0.0438. The van der Waals surface area contributed by atoms with E-state index in [2.05, 4.69) is 19.9 Å². The van der Waals surface area contributed by atoms with E-state index in [0.717, 1.165) is 55.9 Å². The third-order valence-corrected chi connectivity index (χ3v) is 12.7. The number of rotatable bonds is 4. The third-order valence-electron chi connectivity index (χ3n) is 12.7. The lowest BCUT2D eigenvalue weighted by molar-refractivity contribution is -0.148. The summed E-state index contributed by atoms with van der Waals surface area (Å²) in [4.78, 5) is 47.5. The molecule has 8 heteroatoms. The van der Waals surface area contributed by atoms with Crippen LogP contribution in [0.25, 0.3) is 11.0 Å². The number of carbonyl (C=O) groups excluding carboxylic acids is 3. The van der Waals surface area contributed by atoms with Crippen molar-refractivity contribution in [1.82, 2.24) is 0 Å². The number of Topliss-reactive ketones (excluding diaryl/α,β-unsaturated/α-hetero) is 1. The molecular weight excluding hydrogens is 632 g/mol. The minimum Gasteiger partial charge on any atom is -0.485 e. The molecule has 0 spiro atoms. The molecule has 1 aromatic heterocycles. The molecule has 0 saturated heterocycles. The van der Waals surface area contributed by atoms with Crippen molar-refractivity contribution < 1.29 is 33.0 Å². The van der Waals surface area contributed by atoms with Crippen LogP contribution >= 0.6 is 0 Å². The summed E-state index contributed by atoms with van der Waals surface area (Å²) in [6.45, 7) is 9.87.